The molecule has 1 heterocycles. The van der Waals surface area contributed by atoms with E-state index in [-0.39, 0.29) is 11.1 Å². The van der Waals surface area contributed by atoms with Gasteiger partial charge in [0.25, 0.3) is 0 Å². The second kappa shape index (κ2) is 4.37. The Hall–Kier alpha value is -2.30. The van der Waals surface area contributed by atoms with E-state index in [1.165, 1.54) is 36.4 Å². The molecule has 0 saturated carbocycles. The third-order valence-corrected chi connectivity index (χ3v) is 3.16. The predicted molar refractivity (Wildman–Crippen MR) is 68.2 cm³/mol. The van der Waals surface area contributed by atoms with Crippen LogP contribution in [0.2, 0.25) is 0 Å². The quantitative estimate of drug-likeness (QED) is 0.816. The average molecular weight is 277 g/mol. The zero-order valence-corrected chi connectivity index (χ0v) is 10.3. The zero-order valence-electron chi connectivity index (χ0n) is 10.3. The van der Waals surface area contributed by atoms with Gasteiger partial charge in [-0.2, -0.15) is 13.2 Å². The van der Waals surface area contributed by atoms with E-state index in [9.17, 15) is 13.2 Å². The van der Waals surface area contributed by atoms with Crippen molar-refractivity contribution in [3.63, 3.8) is 0 Å². The largest absolute Gasteiger partial charge is 0.368 e. The van der Waals surface area contributed by atoms with Crippen molar-refractivity contribution in [2.24, 2.45) is 5.16 Å². The molecule has 2 aromatic carbocycles. The second-order valence-corrected chi connectivity index (χ2v) is 4.43. The van der Waals surface area contributed by atoms with E-state index < -0.39 is 17.5 Å². The number of alkyl halides is 3. The highest BCUT2D eigenvalue weighted by Crippen LogP contribution is 2.48. The molecule has 1 atom stereocenters. The molecule has 0 amide bonds. The van der Waals surface area contributed by atoms with Crippen molar-refractivity contribution in [2.45, 2.75) is 11.8 Å². The van der Waals surface area contributed by atoms with Gasteiger partial charge in [-0.1, -0.05) is 65.8 Å². The van der Waals surface area contributed by atoms with E-state index >= 15 is 0 Å². The Labute approximate surface area is 113 Å². The van der Waals surface area contributed by atoms with E-state index in [1.807, 2.05) is 0 Å². The summed E-state index contributed by atoms with van der Waals surface area (Å²) >= 11 is 0. The Kier molecular flexibility index (Phi) is 2.78. The third-order valence-electron chi connectivity index (χ3n) is 3.16. The van der Waals surface area contributed by atoms with Crippen molar-refractivity contribution in [1.29, 1.82) is 0 Å². The molecule has 0 aromatic heterocycles. The van der Waals surface area contributed by atoms with Crippen LogP contribution in [0.5, 0.6) is 0 Å². The molecule has 1 aliphatic rings. The number of oxime groups is 1. The first-order valence-corrected chi connectivity index (χ1v) is 6.00. The number of rotatable bonds is 2. The summed E-state index contributed by atoms with van der Waals surface area (Å²) in [5.41, 5.74) is -0.836. The monoisotopic (exact) mass is 277 g/mol. The van der Waals surface area contributed by atoms with Crippen molar-refractivity contribution in [3.8, 4) is 0 Å². The summed E-state index contributed by atoms with van der Waals surface area (Å²) in [4.78, 5) is 4.48. The molecule has 0 radical (unpaired) electrons. The van der Waals surface area contributed by atoms with Crippen LogP contribution in [0.3, 0.4) is 0 Å². The highest BCUT2D eigenvalue weighted by molar-refractivity contribution is 6.06. The van der Waals surface area contributed by atoms with Gasteiger partial charge >= 0.3 is 11.8 Å². The summed E-state index contributed by atoms with van der Waals surface area (Å²) in [7, 11) is 0. The highest BCUT2D eigenvalue weighted by atomic mass is 19.3. The van der Waals surface area contributed by atoms with Gasteiger partial charge in [0.1, 0.15) is 0 Å². The molecule has 20 heavy (non-hydrogen) atoms. The van der Waals surface area contributed by atoms with Crippen LogP contribution in [0.25, 0.3) is 0 Å². The summed E-state index contributed by atoms with van der Waals surface area (Å²) in [6.07, 6.45) is 0. The van der Waals surface area contributed by atoms with Gasteiger partial charge in [-0.05, 0) is 0 Å². The van der Waals surface area contributed by atoms with Gasteiger partial charge < -0.3 is 4.84 Å². The molecule has 0 fully saturated rings. The molecule has 3 rings (SSSR count). The fraction of sp³-hybridized carbons (Fsp3) is 0.133. The van der Waals surface area contributed by atoms with Gasteiger partial charge in [0, 0.05) is 11.1 Å². The Balaban J connectivity index is 2.04. The van der Waals surface area contributed by atoms with Crippen LogP contribution in [0.1, 0.15) is 11.1 Å². The summed E-state index contributed by atoms with van der Waals surface area (Å²) in [6.45, 7) is 0. The first-order chi connectivity index (χ1) is 9.56. The van der Waals surface area contributed by atoms with Crippen molar-refractivity contribution in [1.82, 2.24) is 0 Å². The van der Waals surface area contributed by atoms with Gasteiger partial charge in [-0.25, -0.2) is 0 Å². The first kappa shape index (κ1) is 12.7. The topological polar surface area (TPSA) is 21.6 Å². The molecule has 5 heteroatoms. The number of nitrogens with zero attached hydrogens (tertiary/aromatic N) is 1. The lowest BCUT2D eigenvalue weighted by Gasteiger charge is -2.25. The Morgan fingerprint density at radius 2 is 1.35 bits per heavy atom. The smallest absolute Gasteiger partial charge is 0.342 e. The van der Waals surface area contributed by atoms with E-state index in [4.69, 9.17) is 0 Å². The summed E-state index contributed by atoms with van der Waals surface area (Å²) in [5, 5.41) is 3.28. The maximum absolute atomic E-state index is 14.7. The van der Waals surface area contributed by atoms with Crippen LogP contribution in [0.15, 0.2) is 65.8 Å². The van der Waals surface area contributed by atoms with Crippen LogP contribution >= 0.6 is 0 Å². The molecule has 2 nitrogen and oxygen atoms in total. The Morgan fingerprint density at radius 1 is 0.800 bits per heavy atom. The molecule has 0 bridgehead atoms. The van der Waals surface area contributed by atoms with E-state index in [2.05, 4.69) is 9.99 Å². The minimum atomic E-state index is -3.87. The zero-order chi connectivity index (χ0) is 14.2. The van der Waals surface area contributed by atoms with Gasteiger partial charge in [-0.15, -0.1) is 0 Å². The highest BCUT2D eigenvalue weighted by Gasteiger charge is 2.67. The minimum absolute atomic E-state index is 0.132. The number of halogens is 3. The van der Waals surface area contributed by atoms with Gasteiger partial charge in [0.2, 0.25) is 0 Å². The van der Waals surface area contributed by atoms with Crippen LogP contribution in [0.4, 0.5) is 13.2 Å². The van der Waals surface area contributed by atoms with E-state index in [0.29, 0.717) is 0 Å². The molecular weight excluding hydrogens is 267 g/mol. The molecule has 0 N–H and O–H groups in total. The van der Waals surface area contributed by atoms with Crippen molar-refractivity contribution in [2.75, 3.05) is 0 Å². The van der Waals surface area contributed by atoms with Crippen molar-refractivity contribution < 1.29 is 18.0 Å². The maximum atomic E-state index is 14.7. The minimum Gasteiger partial charge on any atom is -0.342 e. The lowest BCUT2D eigenvalue weighted by atomic mass is 9.94. The van der Waals surface area contributed by atoms with Gasteiger partial charge in [-0.3, -0.25) is 0 Å². The molecule has 1 unspecified atom stereocenters. The van der Waals surface area contributed by atoms with Gasteiger partial charge in [0.05, 0.1) is 0 Å². The van der Waals surface area contributed by atoms with Gasteiger partial charge in [0.15, 0.2) is 5.71 Å². The maximum Gasteiger partial charge on any atom is 0.368 e. The van der Waals surface area contributed by atoms with Crippen molar-refractivity contribution >= 4 is 5.71 Å². The molecule has 2 aromatic rings. The second-order valence-electron chi connectivity index (χ2n) is 4.43. The van der Waals surface area contributed by atoms with Crippen LogP contribution in [-0.4, -0.2) is 11.6 Å². The van der Waals surface area contributed by atoms with Crippen LogP contribution < -0.4 is 0 Å². The Morgan fingerprint density at radius 3 is 1.95 bits per heavy atom. The fourth-order valence-electron chi connectivity index (χ4n) is 2.09. The number of hydrogen-bond donors (Lipinski definition) is 0. The van der Waals surface area contributed by atoms with E-state index in [0.717, 1.165) is 0 Å². The number of benzene rings is 2. The lowest BCUT2D eigenvalue weighted by molar-refractivity contribution is -0.236. The lowest BCUT2D eigenvalue weighted by Crippen LogP contribution is -2.44. The summed E-state index contributed by atoms with van der Waals surface area (Å²) in [5.74, 6) is -7.14. The Bertz CT molecular complexity index is 643. The first-order valence-electron chi connectivity index (χ1n) is 6.00. The molecule has 1 aliphatic heterocycles. The molecular formula is C15H10F3NO. The molecule has 0 aliphatic carbocycles. The van der Waals surface area contributed by atoms with E-state index in [1.54, 1.807) is 24.3 Å². The summed E-state index contributed by atoms with van der Waals surface area (Å²) in [6, 6.07) is 14.8. The third kappa shape index (κ3) is 1.70. The number of hydrogen-bond acceptors (Lipinski definition) is 2. The molecule has 0 spiro atoms. The van der Waals surface area contributed by atoms with Crippen molar-refractivity contribution in [3.05, 3.63) is 71.8 Å². The molecule has 0 saturated heterocycles. The SMILES string of the molecule is FC1(F)C(c2ccccc2)=NOC1(F)c1ccccc1. The average Bonchev–Trinajstić information content (AvgIpc) is 2.72. The normalized spacial score (nSPS) is 24.1. The standard InChI is InChI=1S/C15H10F3NO/c16-14(17)13(11-7-3-1-4-8-11)19-20-15(14,18)12-9-5-2-6-10-12/h1-10H. The fourth-order valence-corrected chi connectivity index (χ4v) is 2.09. The van der Waals surface area contributed by atoms with Crippen LogP contribution in [0, 0.1) is 0 Å². The predicted octanol–water partition coefficient (Wildman–Crippen LogP) is 3.88. The summed E-state index contributed by atoms with van der Waals surface area (Å²) < 4.78 is 43.5. The van der Waals surface area contributed by atoms with Crippen LogP contribution in [-0.2, 0) is 10.7 Å². The molecule has 102 valence electrons.